The SMILES string of the molecule is [O-]N(O)c1ccc(N2CCc3c(ncnc3Nc3ccc(OCCCN4CCNCC4)c(Cl)c3)C2)cc1C(F)(F)F. The minimum absolute atomic E-state index is 0.241. The molecule has 2 aromatic carbocycles. The second kappa shape index (κ2) is 12.7. The zero-order valence-corrected chi connectivity index (χ0v) is 22.9. The van der Waals surface area contributed by atoms with Crippen molar-refractivity contribution >= 4 is 34.5 Å². The summed E-state index contributed by atoms with van der Waals surface area (Å²) in [4.78, 5) is 12.9. The lowest BCUT2D eigenvalue weighted by atomic mass is 10.0. The van der Waals surface area contributed by atoms with Crippen molar-refractivity contribution in [1.29, 1.82) is 0 Å². The Bertz CT molecular complexity index is 1360. The van der Waals surface area contributed by atoms with E-state index in [1.807, 2.05) is 12.1 Å². The van der Waals surface area contributed by atoms with Crippen molar-refractivity contribution < 1.29 is 23.1 Å². The molecule has 41 heavy (non-hydrogen) atoms. The summed E-state index contributed by atoms with van der Waals surface area (Å²) in [6.07, 6.45) is -2.04. The maximum atomic E-state index is 13.5. The summed E-state index contributed by atoms with van der Waals surface area (Å²) in [5, 5.41) is 26.6. The van der Waals surface area contributed by atoms with Crippen LogP contribution in [0.3, 0.4) is 0 Å². The Balaban J connectivity index is 1.23. The molecule has 0 saturated carbocycles. The van der Waals surface area contributed by atoms with Crippen LogP contribution in [0.15, 0.2) is 42.7 Å². The summed E-state index contributed by atoms with van der Waals surface area (Å²) in [6.45, 7) is 6.30. The highest BCUT2D eigenvalue weighted by molar-refractivity contribution is 6.32. The normalized spacial score (nSPS) is 15.9. The molecule has 0 unspecified atom stereocenters. The van der Waals surface area contributed by atoms with Crippen molar-refractivity contribution in [2.45, 2.75) is 25.6 Å². The summed E-state index contributed by atoms with van der Waals surface area (Å²) in [5.41, 5.74) is 0.404. The molecule has 0 bridgehead atoms. The Morgan fingerprint density at radius 3 is 2.66 bits per heavy atom. The standard InChI is InChI=1S/C27H30ClF3N7O3/c28-22-14-18(2-5-25(22)41-13-1-9-36-11-7-32-8-12-36)35-26-20-6-10-37(16-23(20)33-17-34-26)19-3-4-24(38(39)40)21(15-19)27(29,30)31/h2-5,14-15,17,32,39H,1,6-13,16H2,(H,33,34,35)/q-1. The molecule has 10 nitrogen and oxygen atoms in total. The van der Waals surface area contributed by atoms with Gasteiger partial charge in [0.25, 0.3) is 0 Å². The van der Waals surface area contributed by atoms with E-state index in [1.54, 1.807) is 11.0 Å². The Kier molecular flexibility index (Phi) is 9.00. The number of hydrogen-bond donors (Lipinski definition) is 3. The van der Waals surface area contributed by atoms with Gasteiger partial charge in [-0.05, 0) is 49.2 Å². The summed E-state index contributed by atoms with van der Waals surface area (Å²) >= 11 is 6.49. The molecule has 1 fully saturated rings. The fourth-order valence-electron chi connectivity index (χ4n) is 5.03. The van der Waals surface area contributed by atoms with Crippen molar-refractivity contribution in [3.63, 3.8) is 0 Å². The number of nitrogens with one attached hydrogen (secondary N) is 2. The fraction of sp³-hybridized carbons (Fsp3) is 0.407. The van der Waals surface area contributed by atoms with Gasteiger partial charge in [0.05, 0.1) is 35.1 Å². The topological polar surface area (TPSA) is 112 Å². The van der Waals surface area contributed by atoms with Crippen molar-refractivity contribution in [2.24, 2.45) is 0 Å². The first-order chi connectivity index (χ1) is 19.7. The van der Waals surface area contributed by atoms with E-state index in [0.717, 1.165) is 56.8 Å². The molecular weight excluding hydrogens is 563 g/mol. The molecule has 2 aliphatic heterocycles. The fourth-order valence-corrected chi connectivity index (χ4v) is 5.27. The number of anilines is 4. The first kappa shape index (κ1) is 29.1. The van der Waals surface area contributed by atoms with Crippen molar-refractivity contribution in [3.8, 4) is 5.75 Å². The molecule has 5 rings (SSSR count). The van der Waals surface area contributed by atoms with E-state index in [4.69, 9.17) is 21.5 Å². The zero-order valence-electron chi connectivity index (χ0n) is 22.1. The van der Waals surface area contributed by atoms with Crippen LogP contribution in [0.1, 0.15) is 23.2 Å². The zero-order chi connectivity index (χ0) is 29.0. The molecule has 14 heteroatoms. The molecule has 220 valence electrons. The summed E-state index contributed by atoms with van der Waals surface area (Å²) < 4.78 is 46.4. The molecule has 3 heterocycles. The number of benzene rings is 2. The van der Waals surface area contributed by atoms with Crippen LogP contribution in [-0.2, 0) is 19.1 Å². The van der Waals surface area contributed by atoms with E-state index in [-0.39, 0.29) is 12.2 Å². The molecule has 3 aromatic rings. The van der Waals surface area contributed by atoms with Crippen LogP contribution in [0.25, 0.3) is 0 Å². The van der Waals surface area contributed by atoms with Crippen LogP contribution < -0.4 is 25.5 Å². The summed E-state index contributed by atoms with van der Waals surface area (Å²) in [6, 6.07) is 8.60. The largest absolute Gasteiger partial charge is 0.733 e. The van der Waals surface area contributed by atoms with Crippen LogP contribution in [0.4, 0.5) is 36.1 Å². The number of nitrogens with zero attached hydrogens (tertiary/aromatic N) is 5. The van der Waals surface area contributed by atoms with Crippen molar-refractivity contribution in [1.82, 2.24) is 20.2 Å². The lowest BCUT2D eigenvalue weighted by Crippen LogP contribution is -2.43. The number of halogens is 4. The molecule has 1 saturated heterocycles. The highest BCUT2D eigenvalue weighted by Crippen LogP contribution is 2.39. The molecule has 2 aliphatic rings. The highest BCUT2D eigenvalue weighted by Gasteiger charge is 2.35. The predicted molar refractivity (Wildman–Crippen MR) is 150 cm³/mol. The van der Waals surface area contributed by atoms with E-state index >= 15 is 0 Å². The quantitative estimate of drug-likeness (QED) is 0.236. The number of piperazine rings is 1. The van der Waals surface area contributed by atoms with E-state index in [2.05, 4.69) is 25.5 Å². The van der Waals surface area contributed by atoms with Gasteiger partial charge in [-0.2, -0.15) is 13.2 Å². The van der Waals surface area contributed by atoms with E-state index in [1.165, 1.54) is 12.4 Å². The number of ether oxygens (including phenoxy) is 1. The summed E-state index contributed by atoms with van der Waals surface area (Å²) in [7, 11) is 0. The van der Waals surface area contributed by atoms with Crippen LogP contribution in [-0.4, -0.2) is 66.0 Å². The number of aromatic nitrogens is 2. The third-order valence-corrected chi connectivity index (χ3v) is 7.44. The average Bonchev–Trinajstić information content (AvgIpc) is 2.96. The first-order valence-electron chi connectivity index (χ1n) is 13.3. The molecule has 0 radical (unpaired) electrons. The van der Waals surface area contributed by atoms with Gasteiger partial charge in [-0.1, -0.05) is 11.6 Å². The van der Waals surface area contributed by atoms with Crippen LogP contribution >= 0.6 is 11.6 Å². The Labute approximate surface area is 240 Å². The van der Waals surface area contributed by atoms with E-state index in [0.29, 0.717) is 47.5 Å². The van der Waals surface area contributed by atoms with Gasteiger partial charge in [0.1, 0.15) is 17.9 Å². The minimum Gasteiger partial charge on any atom is -0.733 e. The second-order valence-electron chi connectivity index (χ2n) is 9.86. The van der Waals surface area contributed by atoms with E-state index < -0.39 is 22.7 Å². The monoisotopic (exact) mass is 592 g/mol. The van der Waals surface area contributed by atoms with Gasteiger partial charge < -0.3 is 35.6 Å². The van der Waals surface area contributed by atoms with Gasteiger partial charge in [-0.15, -0.1) is 0 Å². The third kappa shape index (κ3) is 7.11. The third-order valence-electron chi connectivity index (χ3n) is 7.14. The smallest absolute Gasteiger partial charge is 0.418 e. The molecule has 0 aliphatic carbocycles. The van der Waals surface area contributed by atoms with Crippen LogP contribution in [0.5, 0.6) is 5.75 Å². The van der Waals surface area contributed by atoms with Gasteiger partial charge >= 0.3 is 6.18 Å². The van der Waals surface area contributed by atoms with Crippen molar-refractivity contribution in [3.05, 3.63) is 69.8 Å². The minimum atomic E-state index is -4.81. The van der Waals surface area contributed by atoms with Crippen LogP contribution in [0.2, 0.25) is 5.02 Å². The average molecular weight is 593 g/mol. The molecule has 0 amide bonds. The van der Waals surface area contributed by atoms with Gasteiger partial charge in [-0.25, -0.2) is 9.97 Å². The number of rotatable bonds is 9. The predicted octanol–water partition coefficient (Wildman–Crippen LogP) is 4.82. The first-order valence-corrected chi connectivity index (χ1v) is 13.6. The van der Waals surface area contributed by atoms with Crippen molar-refractivity contribution in [2.75, 3.05) is 61.3 Å². The maximum Gasteiger partial charge on any atom is 0.418 e. The maximum absolute atomic E-state index is 13.5. The lowest BCUT2D eigenvalue weighted by Gasteiger charge is -2.32. The molecule has 1 aromatic heterocycles. The second-order valence-corrected chi connectivity index (χ2v) is 10.3. The molecule has 0 atom stereocenters. The van der Waals surface area contributed by atoms with Gasteiger partial charge in [-0.3, -0.25) is 5.21 Å². The van der Waals surface area contributed by atoms with Gasteiger partial charge in [0.15, 0.2) is 0 Å². The Hall–Kier alpha value is -3.36. The Morgan fingerprint density at radius 1 is 1.12 bits per heavy atom. The number of fused-ring (bicyclic) bond motifs is 1. The van der Waals surface area contributed by atoms with Gasteiger partial charge in [0.2, 0.25) is 0 Å². The summed E-state index contributed by atoms with van der Waals surface area (Å²) in [5.74, 6) is 1.19. The molecular formula is C27H30ClF3N7O3-. The number of hydrogen-bond acceptors (Lipinski definition) is 10. The van der Waals surface area contributed by atoms with E-state index in [9.17, 15) is 18.4 Å². The number of alkyl halides is 3. The molecule has 3 N–H and O–H groups in total. The Morgan fingerprint density at radius 2 is 1.93 bits per heavy atom. The lowest BCUT2D eigenvalue weighted by molar-refractivity contribution is -0.137. The highest BCUT2D eigenvalue weighted by atomic mass is 35.5. The molecule has 0 spiro atoms. The van der Waals surface area contributed by atoms with Crippen LogP contribution in [0, 0.1) is 5.21 Å². The van der Waals surface area contributed by atoms with Gasteiger partial charge in [0, 0.05) is 56.2 Å².